The second kappa shape index (κ2) is 11.0. The highest BCUT2D eigenvalue weighted by atomic mass is 16.3. The highest BCUT2D eigenvalue weighted by molar-refractivity contribution is 6.20. The van der Waals surface area contributed by atoms with Crippen LogP contribution in [0, 0.1) is 0 Å². The van der Waals surface area contributed by atoms with Gasteiger partial charge in [-0.05, 0) is 95.8 Å². The minimum absolute atomic E-state index is 0.899. The second-order valence-corrected chi connectivity index (χ2v) is 13.6. The standard InChI is InChI=1S/C48H32N2O/c1-3-15-32(16-4-1)49-40-24-10-7-19-36(40)46-34(22-13-26-42(46)49)31-29-39(48-38-21-9-12-28-44(38)51-45(48)30-31)35-23-14-27-43-47(35)37-20-8-11-25-41(37)50(43)33-17-5-2-6-18-33/h1-10,12-24,26-30H,11,25H2. The van der Waals surface area contributed by atoms with E-state index in [0.717, 1.165) is 46.0 Å². The van der Waals surface area contributed by atoms with E-state index in [1.54, 1.807) is 0 Å². The lowest BCUT2D eigenvalue weighted by atomic mass is 9.90. The number of allylic oxidation sites excluding steroid dienone is 1. The van der Waals surface area contributed by atoms with E-state index in [4.69, 9.17) is 4.42 Å². The maximum atomic E-state index is 6.73. The fourth-order valence-corrected chi connectivity index (χ4v) is 8.70. The lowest BCUT2D eigenvalue weighted by Crippen LogP contribution is -2.02. The fourth-order valence-electron chi connectivity index (χ4n) is 8.70. The summed E-state index contributed by atoms with van der Waals surface area (Å²) in [6, 6.07) is 56.9. The van der Waals surface area contributed by atoms with Gasteiger partial charge in [0.25, 0.3) is 0 Å². The van der Waals surface area contributed by atoms with E-state index < -0.39 is 0 Å². The normalized spacial score (nSPS) is 12.9. The first-order chi connectivity index (χ1) is 25.3. The molecule has 0 aliphatic heterocycles. The second-order valence-electron chi connectivity index (χ2n) is 13.6. The molecule has 3 nitrogen and oxygen atoms in total. The van der Waals surface area contributed by atoms with Crippen LogP contribution >= 0.6 is 0 Å². The molecule has 10 aromatic rings. The van der Waals surface area contributed by atoms with Crippen molar-refractivity contribution in [2.75, 3.05) is 0 Å². The Labute approximate surface area is 294 Å². The Kier molecular flexibility index (Phi) is 6.08. The van der Waals surface area contributed by atoms with Gasteiger partial charge in [-0.15, -0.1) is 0 Å². The van der Waals surface area contributed by atoms with Crippen LogP contribution in [0.25, 0.3) is 94.4 Å². The third-order valence-electron chi connectivity index (χ3n) is 10.8. The zero-order chi connectivity index (χ0) is 33.5. The molecule has 1 aliphatic carbocycles. The Morgan fingerprint density at radius 2 is 1.10 bits per heavy atom. The fraction of sp³-hybridized carbons (Fsp3) is 0.0417. The zero-order valence-corrected chi connectivity index (χ0v) is 27.9. The number of hydrogen-bond acceptors (Lipinski definition) is 1. The van der Waals surface area contributed by atoms with Crippen LogP contribution in [0.2, 0.25) is 0 Å². The van der Waals surface area contributed by atoms with E-state index >= 15 is 0 Å². The number of rotatable bonds is 4. The quantitative estimate of drug-likeness (QED) is 0.186. The van der Waals surface area contributed by atoms with Gasteiger partial charge in [0.2, 0.25) is 0 Å². The number of para-hydroxylation sites is 4. The molecule has 3 aromatic heterocycles. The maximum Gasteiger partial charge on any atom is 0.136 e. The minimum Gasteiger partial charge on any atom is -0.456 e. The number of nitrogens with zero attached hydrogens (tertiary/aromatic N) is 2. The number of hydrogen-bond donors (Lipinski definition) is 0. The summed E-state index contributed by atoms with van der Waals surface area (Å²) in [5.41, 5.74) is 15.2. The molecular formula is C48H32N2O. The molecule has 0 bridgehead atoms. The molecule has 7 aromatic carbocycles. The van der Waals surface area contributed by atoms with Crippen molar-refractivity contribution in [3.63, 3.8) is 0 Å². The van der Waals surface area contributed by atoms with E-state index in [-0.39, 0.29) is 0 Å². The molecule has 3 heterocycles. The molecule has 0 saturated carbocycles. The van der Waals surface area contributed by atoms with Crippen molar-refractivity contribution in [3.05, 3.63) is 175 Å². The van der Waals surface area contributed by atoms with Crippen molar-refractivity contribution in [2.24, 2.45) is 0 Å². The van der Waals surface area contributed by atoms with Gasteiger partial charge in [-0.2, -0.15) is 0 Å². The summed E-state index contributed by atoms with van der Waals surface area (Å²) >= 11 is 0. The van der Waals surface area contributed by atoms with Crippen LogP contribution in [0.3, 0.4) is 0 Å². The molecule has 51 heavy (non-hydrogen) atoms. The van der Waals surface area contributed by atoms with Gasteiger partial charge in [0.15, 0.2) is 0 Å². The predicted octanol–water partition coefficient (Wildman–Crippen LogP) is 12.9. The Balaban J connectivity index is 1.26. The van der Waals surface area contributed by atoms with Crippen LogP contribution in [-0.4, -0.2) is 9.13 Å². The summed E-state index contributed by atoms with van der Waals surface area (Å²) in [6.45, 7) is 0. The maximum absolute atomic E-state index is 6.73. The molecular weight excluding hydrogens is 621 g/mol. The smallest absolute Gasteiger partial charge is 0.136 e. The molecule has 3 heteroatoms. The molecule has 0 saturated heterocycles. The van der Waals surface area contributed by atoms with Crippen LogP contribution in [0.15, 0.2) is 168 Å². The van der Waals surface area contributed by atoms with E-state index in [0.29, 0.717) is 0 Å². The molecule has 240 valence electrons. The largest absolute Gasteiger partial charge is 0.456 e. The summed E-state index contributed by atoms with van der Waals surface area (Å²) in [5.74, 6) is 0. The van der Waals surface area contributed by atoms with Crippen molar-refractivity contribution in [3.8, 4) is 33.6 Å². The molecule has 1 aliphatic rings. The van der Waals surface area contributed by atoms with Crippen LogP contribution in [0.4, 0.5) is 0 Å². The van der Waals surface area contributed by atoms with Crippen LogP contribution < -0.4 is 0 Å². The number of benzene rings is 7. The third kappa shape index (κ3) is 4.12. The van der Waals surface area contributed by atoms with Gasteiger partial charge in [-0.3, -0.25) is 0 Å². The molecule has 11 rings (SSSR count). The molecule has 0 unspecified atom stereocenters. The Bertz CT molecular complexity index is 3010. The highest BCUT2D eigenvalue weighted by Gasteiger charge is 2.24. The van der Waals surface area contributed by atoms with Crippen molar-refractivity contribution in [2.45, 2.75) is 12.8 Å². The van der Waals surface area contributed by atoms with Gasteiger partial charge in [-0.1, -0.05) is 109 Å². The summed E-state index contributed by atoms with van der Waals surface area (Å²) in [7, 11) is 0. The number of fused-ring (bicyclic) bond motifs is 9. The van der Waals surface area contributed by atoms with E-state index in [1.807, 2.05) is 0 Å². The first-order valence-corrected chi connectivity index (χ1v) is 17.8. The van der Waals surface area contributed by atoms with Gasteiger partial charge in [0, 0.05) is 49.6 Å². The van der Waals surface area contributed by atoms with E-state index in [1.165, 1.54) is 66.3 Å². The van der Waals surface area contributed by atoms with Gasteiger partial charge in [-0.25, -0.2) is 0 Å². The lowest BCUT2D eigenvalue weighted by Gasteiger charge is -2.13. The average Bonchev–Trinajstić information content (AvgIpc) is 3.86. The Morgan fingerprint density at radius 3 is 1.90 bits per heavy atom. The third-order valence-corrected chi connectivity index (χ3v) is 10.8. The van der Waals surface area contributed by atoms with Gasteiger partial charge in [0.05, 0.1) is 16.6 Å². The van der Waals surface area contributed by atoms with Gasteiger partial charge in [0.1, 0.15) is 11.2 Å². The SMILES string of the molecule is C1=Cc2c(n(-c3ccccc3)c3cccc(-c4cc(-c5cccc6c5c5ccccc5n6-c5ccccc5)cc5oc6ccccc6c45)c23)CC1. The van der Waals surface area contributed by atoms with Crippen molar-refractivity contribution in [1.29, 1.82) is 0 Å². The summed E-state index contributed by atoms with van der Waals surface area (Å²) in [4.78, 5) is 0. The average molecular weight is 653 g/mol. The Hall–Kier alpha value is -6.58. The monoisotopic (exact) mass is 652 g/mol. The molecule has 0 N–H and O–H groups in total. The summed E-state index contributed by atoms with van der Waals surface area (Å²) in [5, 5.41) is 6.06. The predicted molar refractivity (Wildman–Crippen MR) is 213 cm³/mol. The summed E-state index contributed by atoms with van der Waals surface area (Å²) in [6.07, 6.45) is 6.72. The van der Waals surface area contributed by atoms with Crippen LogP contribution in [0.1, 0.15) is 17.7 Å². The van der Waals surface area contributed by atoms with Crippen LogP contribution in [-0.2, 0) is 6.42 Å². The first kappa shape index (κ1) is 28.3. The van der Waals surface area contributed by atoms with E-state index in [9.17, 15) is 0 Å². The molecule has 0 spiro atoms. The van der Waals surface area contributed by atoms with Gasteiger partial charge < -0.3 is 13.6 Å². The van der Waals surface area contributed by atoms with Crippen molar-refractivity contribution >= 4 is 60.7 Å². The Morgan fingerprint density at radius 1 is 0.451 bits per heavy atom. The molecule has 0 fully saturated rings. The lowest BCUT2D eigenvalue weighted by molar-refractivity contribution is 0.669. The molecule has 0 atom stereocenters. The van der Waals surface area contributed by atoms with E-state index in [2.05, 4.69) is 179 Å². The topological polar surface area (TPSA) is 23.0 Å². The molecule has 0 amide bonds. The van der Waals surface area contributed by atoms with Crippen LogP contribution in [0.5, 0.6) is 0 Å². The van der Waals surface area contributed by atoms with Crippen molar-refractivity contribution in [1.82, 2.24) is 9.13 Å². The first-order valence-electron chi connectivity index (χ1n) is 17.8. The number of furan rings is 1. The highest BCUT2D eigenvalue weighted by Crippen LogP contribution is 2.47. The number of aromatic nitrogens is 2. The molecule has 0 radical (unpaired) electrons. The minimum atomic E-state index is 0.899. The summed E-state index contributed by atoms with van der Waals surface area (Å²) < 4.78 is 11.6. The van der Waals surface area contributed by atoms with Gasteiger partial charge >= 0.3 is 0 Å². The zero-order valence-electron chi connectivity index (χ0n) is 27.9. The van der Waals surface area contributed by atoms with Crippen molar-refractivity contribution < 1.29 is 4.42 Å².